The number of carbonyl (C=O) groups excluding carboxylic acids is 2. The van der Waals surface area contributed by atoms with Gasteiger partial charge in [0, 0.05) is 5.41 Å². The van der Waals surface area contributed by atoms with Crippen LogP contribution in [0.3, 0.4) is 0 Å². The minimum absolute atomic E-state index is 0.0450. The van der Waals surface area contributed by atoms with Gasteiger partial charge in [0.1, 0.15) is 0 Å². The maximum Gasteiger partial charge on any atom is 0.337 e. The fourth-order valence-corrected chi connectivity index (χ4v) is 2.65. The molecular weight excluding hydrogens is 352 g/mol. The molecule has 2 rings (SSSR count). The van der Waals surface area contributed by atoms with Crippen molar-refractivity contribution in [1.29, 1.82) is 0 Å². The van der Waals surface area contributed by atoms with Crippen molar-refractivity contribution in [2.75, 3.05) is 0 Å². The molecule has 8 heteroatoms. The summed E-state index contributed by atoms with van der Waals surface area (Å²) < 4.78 is 0. The Kier molecular flexibility index (Phi) is 5.46. The van der Waals surface area contributed by atoms with Gasteiger partial charge >= 0.3 is 11.9 Å². The molecule has 0 aliphatic heterocycles. The third-order valence-electron chi connectivity index (χ3n) is 4.23. The lowest BCUT2D eigenvalue weighted by molar-refractivity contribution is 0.0687. The molecule has 136 valence electrons. The van der Waals surface area contributed by atoms with Gasteiger partial charge in [-0.3, -0.25) is 0 Å². The second-order valence-corrected chi connectivity index (χ2v) is 6.11. The van der Waals surface area contributed by atoms with Crippen molar-refractivity contribution in [2.24, 2.45) is 9.98 Å². The molecule has 0 amide bonds. The summed E-state index contributed by atoms with van der Waals surface area (Å²) >= 11 is 0. The first-order chi connectivity index (χ1) is 12.7. The fraction of sp³-hybridized carbons (Fsp3) is 0.158. The second-order valence-electron chi connectivity index (χ2n) is 6.11. The molecule has 0 saturated heterocycles. The number of benzene rings is 2. The summed E-state index contributed by atoms with van der Waals surface area (Å²) in [6.45, 7) is 3.61. The van der Waals surface area contributed by atoms with Crippen LogP contribution in [-0.2, 0) is 15.0 Å². The Morgan fingerprint density at radius 2 is 1.19 bits per heavy atom. The molecule has 0 saturated carbocycles. The van der Waals surface area contributed by atoms with Crippen LogP contribution in [-0.4, -0.2) is 34.3 Å². The van der Waals surface area contributed by atoms with Gasteiger partial charge < -0.3 is 10.2 Å². The van der Waals surface area contributed by atoms with Gasteiger partial charge in [0.05, 0.1) is 22.5 Å². The molecule has 27 heavy (non-hydrogen) atoms. The number of carboxylic acid groups (broad SMARTS) is 2. The van der Waals surface area contributed by atoms with Crippen LogP contribution in [0.4, 0.5) is 11.4 Å². The molecule has 8 nitrogen and oxygen atoms in total. The molecule has 0 radical (unpaired) electrons. The first-order valence-electron chi connectivity index (χ1n) is 7.63. The highest BCUT2D eigenvalue weighted by Crippen LogP contribution is 2.37. The fourth-order valence-electron chi connectivity index (χ4n) is 2.65. The number of hydrogen-bond acceptors (Lipinski definition) is 6. The molecule has 0 unspecified atom stereocenters. The third kappa shape index (κ3) is 3.88. The molecule has 2 aromatic rings. The van der Waals surface area contributed by atoms with Crippen LogP contribution < -0.4 is 0 Å². The minimum Gasteiger partial charge on any atom is -0.478 e. The highest BCUT2D eigenvalue weighted by molar-refractivity contribution is 5.95. The van der Waals surface area contributed by atoms with E-state index in [1.807, 2.05) is 0 Å². The molecule has 0 bridgehead atoms. The summed E-state index contributed by atoms with van der Waals surface area (Å²) in [5.74, 6) is -2.47. The summed E-state index contributed by atoms with van der Waals surface area (Å²) in [6, 6.07) is 8.68. The van der Waals surface area contributed by atoms with Crippen LogP contribution in [0.2, 0.25) is 0 Å². The summed E-state index contributed by atoms with van der Waals surface area (Å²) in [6.07, 6.45) is 2.66. The maximum absolute atomic E-state index is 11.3. The second kappa shape index (κ2) is 7.58. The zero-order valence-corrected chi connectivity index (χ0v) is 14.4. The molecule has 2 N–H and O–H groups in total. The predicted molar refractivity (Wildman–Crippen MR) is 94.5 cm³/mol. The Morgan fingerprint density at radius 1 is 0.815 bits per heavy atom. The van der Waals surface area contributed by atoms with Gasteiger partial charge in [0.25, 0.3) is 0 Å². The van der Waals surface area contributed by atoms with Crippen molar-refractivity contribution in [3.8, 4) is 0 Å². The number of isocyanates is 2. The number of carboxylic acids is 2. The largest absolute Gasteiger partial charge is 0.478 e. The zero-order valence-electron chi connectivity index (χ0n) is 14.4. The summed E-state index contributed by atoms with van der Waals surface area (Å²) in [5, 5.41) is 18.4. The van der Waals surface area contributed by atoms with E-state index < -0.39 is 17.4 Å². The van der Waals surface area contributed by atoms with Crippen molar-refractivity contribution in [3.63, 3.8) is 0 Å². The number of carbonyl (C=O) groups is 2. The van der Waals surface area contributed by atoms with Gasteiger partial charge in [-0.25, -0.2) is 19.2 Å². The van der Waals surface area contributed by atoms with Crippen LogP contribution in [0.15, 0.2) is 46.4 Å². The van der Waals surface area contributed by atoms with E-state index in [0.717, 1.165) is 0 Å². The van der Waals surface area contributed by atoms with Gasteiger partial charge in [0.15, 0.2) is 0 Å². The Morgan fingerprint density at radius 3 is 1.48 bits per heavy atom. The molecule has 0 atom stereocenters. The number of aliphatic imine (C=N–C) groups is 2. The smallest absolute Gasteiger partial charge is 0.337 e. The van der Waals surface area contributed by atoms with Crippen LogP contribution in [0.1, 0.15) is 45.7 Å². The lowest BCUT2D eigenvalue weighted by Gasteiger charge is -2.27. The van der Waals surface area contributed by atoms with E-state index in [1.54, 1.807) is 26.0 Å². The van der Waals surface area contributed by atoms with E-state index >= 15 is 0 Å². The lowest BCUT2D eigenvalue weighted by atomic mass is 9.77. The Bertz CT molecular complexity index is 947. The number of aromatic carboxylic acids is 2. The average Bonchev–Trinajstić information content (AvgIpc) is 2.61. The quantitative estimate of drug-likeness (QED) is 0.595. The van der Waals surface area contributed by atoms with Crippen molar-refractivity contribution >= 4 is 35.5 Å². The molecule has 2 aromatic carbocycles. The summed E-state index contributed by atoms with van der Waals surface area (Å²) in [7, 11) is 0. The normalized spacial score (nSPS) is 10.4. The topological polar surface area (TPSA) is 133 Å². The van der Waals surface area contributed by atoms with Crippen LogP contribution in [0.5, 0.6) is 0 Å². The van der Waals surface area contributed by atoms with E-state index in [0.29, 0.717) is 11.1 Å². The monoisotopic (exact) mass is 366 g/mol. The minimum atomic E-state index is -1.23. The van der Waals surface area contributed by atoms with Gasteiger partial charge in [0.2, 0.25) is 12.2 Å². The molecule has 0 fully saturated rings. The SMILES string of the molecule is CC(C)(c1ccc(C(=O)O)c(N=C=O)c1)c1ccc(C(=O)O)c(N=C=O)c1. The third-order valence-corrected chi connectivity index (χ3v) is 4.23. The van der Waals surface area contributed by atoms with Gasteiger partial charge in [-0.05, 0) is 35.4 Å². The van der Waals surface area contributed by atoms with Gasteiger partial charge in [-0.2, -0.15) is 9.98 Å². The number of rotatable bonds is 6. The Balaban J connectivity index is 2.65. The van der Waals surface area contributed by atoms with Crippen LogP contribution in [0, 0.1) is 0 Å². The van der Waals surface area contributed by atoms with E-state index in [-0.39, 0.29) is 22.5 Å². The molecule has 0 aliphatic rings. The van der Waals surface area contributed by atoms with Crippen molar-refractivity contribution in [1.82, 2.24) is 0 Å². The molecule has 0 heterocycles. The first-order valence-corrected chi connectivity index (χ1v) is 7.63. The highest BCUT2D eigenvalue weighted by Gasteiger charge is 2.26. The van der Waals surface area contributed by atoms with E-state index in [9.17, 15) is 29.4 Å². The Hall–Kier alpha value is -3.86. The van der Waals surface area contributed by atoms with Crippen LogP contribution in [0.25, 0.3) is 0 Å². The molecule has 0 aromatic heterocycles. The van der Waals surface area contributed by atoms with Crippen molar-refractivity contribution < 1.29 is 29.4 Å². The first kappa shape index (κ1) is 19.5. The summed E-state index contributed by atoms with van der Waals surface area (Å²) in [4.78, 5) is 50.6. The van der Waals surface area contributed by atoms with Crippen molar-refractivity contribution in [2.45, 2.75) is 19.3 Å². The van der Waals surface area contributed by atoms with E-state index in [4.69, 9.17) is 0 Å². The molecule has 0 aliphatic carbocycles. The molecular formula is C19H14N2O6. The predicted octanol–water partition coefficient (Wildman–Crippen LogP) is 3.34. The standard InChI is InChI=1S/C19H14N2O6/c1-19(2,11-3-5-13(17(24)25)15(7-11)20-9-22)12-4-6-14(18(26)27)16(8-12)21-10-23/h3-8H,1-2H3,(H,24,25)(H,26,27). The average molecular weight is 366 g/mol. The zero-order chi connectivity index (χ0) is 20.2. The summed E-state index contributed by atoms with van der Waals surface area (Å²) in [5.41, 5.74) is 0.105. The Labute approximate surface area is 153 Å². The lowest BCUT2D eigenvalue weighted by Crippen LogP contribution is -2.19. The maximum atomic E-state index is 11.3. The van der Waals surface area contributed by atoms with Gasteiger partial charge in [-0.15, -0.1) is 0 Å². The number of nitrogens with zero attached hydrogens (tertiary/aromatic N) is 2. The van der Waals surface area contributed by atoms with Crippen molar-refractivity contribution in [3.05, 3.63) is 58.7 Å². The van der Waals surface area contributed by atoms with E-state index in [1.165, 1.54) is 36.4 Å². The highest BCUT2D eigenvalue weighted by atomic mass is 16.4. The van der Waals surface area contributed by atoms with Gasteiger partial charge in [-0.1, -0.05) is 26.0 Å². The van der Waals surface area contributed by atoms with Crippen LogP contribution >= 0.6 is 0 Å². The molecule has 0 spiro atoms. The van der Waals surface area contributed by atoms with E-state index in [2.05, 4.69) is 9.98 Å². The number of hydrogen-bond donors (Lipinski definition) is 2.